The highest BCUT2D eigenvalue weighted by Crippen LogP contribution is 2.26. The number of rotatable bonds is 5. The van der Waals surface area contributed by atoms with Crippen LogP contribution in [0.4, 0.5) is 4.79 Å². The summed E-state index contributed by atoms with van der Waals surface area (Å²) in [5.74, 6) is 1.26. The zero-order valence-corrected chi connectivity index (χ0v) is 10.5. The first-order valence-corrected chi connectivity index (χ1v) is 7.00. The molecule has 0 spiro atoms. The molecule has 0 aromatic rings. The lowest BCUT2D eigenvalue weighted by Crippen LogP contribution is -2.39. The van der Waals surface area contributed by atoms with Gasteiger partial charge in [-0.25, -0.2) is 0 Å². The van der Waals surface area contributed by atoms with Crippen LogP contribution in [-0.2, 0) is 4.79 Å². The first kappa shape index (κ1) is 12.7. The Bertz CT molecular complexity index is 305. The number of thioether (sulfide) groups is 1. The summed E-state index contributed by atoms with van der Waals surface area (Å²) in [7, 11) is 0. The number of nitrogens with zero attached hydrogens (tertiary/aromatic N) is 1. The zero-order valence-electron chi connectivity index (χ0n) is 9.72. The number of nitrogens with one attached hydrogen (secondary N) is 1. The summed E-state index contributed by atoms with van der Waals surface area (Å²) in [5.41, 5.74) is 0. The van der Waals surface area contributed by atoms with Crippen LogP contribution in [0, 0.1) is 5.92 Å². The molecule has 1 saturated heterocycles. The van der Waals surface area contributed by atoms with E-state index in [2.05, 4.69) is 5.32 Å². The standard InChI is InChI=1S/C11H18N2O3S/c14-9-5-8(6-9)7-12-10(15)1-2-13-3-4-17-11(13)16/h8-9,14H,1-7H2,(H,12,15). The Labute approximate surface area is 105 Å². The second-order valence-electron chi connectivity index (χ2n) is 4.65. The molecule has 0 atom stereocenters. The second kappa shape index (κ2) is 5.73. The monoisotopic (exact) mass is 258 g/mol. The number of carbonyl (C=O) groups is 2. The molecule has 2 N–H and O–H groups in total. The van der Waals surface area contributed by atoms with Crippen LogP contribution in [0.2, 0.25) is 0 Å². The fraction of sp³-hybridized carbons (Fsp3) is 0.818. The normalized spacial score (nSPS) is 28.1. The quantitative estimate of drug-likeness (QED) is 0.750. The van der Waals surface area contributed by atoms with E-state index in [9.17, 15) is 9.59 Å². The van der Waals surface area contributed by atoms with Crippen molar-refractivity contribution in [1.29, 1.82) is 0 Å². The fourth-order valence-corrected chi connectivity index (χ4v) is 2.93. The number of hydrogen-bond acceptors (Lipinski definition) is 4. The highest BCUT2D eigenvalue weighted by molar-refractivity contribution is 8.13. The minimum absolute atomic E-state index is 0.00362. The smallest absolute Gasteiger partial charge is 0.281 e. The molecular weight excluding hydrogens is 240 g/mol. The van der Waals surface area contributed by atoms with Gasteiger partial charge < -0.3 is 15.3 Å². The lowest BCUT2D eigenvalue weighted by molar-refractivity contribution is -0.121. The third-order valence-electron chi connectivity index (χ3n) is 3.25. The summed E-state index contributed by atoms with van der Waals surface area (Å²) >= 11 is 1.32. The lowest BCUT2D eigenvalue weighted by atomic mass is 9.82. The minimum Gasteiger partial charge on any atom is -0.393 e. The summed E-state index contributed by atoms with van der Waals surface area (Å²) in [6, 6.07) is 0. The van der Waals surface area contributed by atoms with Gasteiger partial charge in [-0.05, 0) is 18.8 Å². The molecule has 96 valence electrons. The van der Waals surface area contributed by atoms with Gasteiger partial charge in [0.05, 0.1) is 6.10 Å². The van der Waals surface area contributed by atoms with Crippen LogP contribution in [0.3, 0.4) is 0 Å². The van der Waals surface area contributed by atoms with Gasteiger partial charge in [-0.1, -0.05) is 11.8 Å². The van der Waals surface area contributed by atoms with E-state index in [4.69, 9.17) is 5.11 Å². The van der Waals surface area contributed by atoms with E-state index in [1.807, 2.05) is 0 Å². The van der Waals surface area contributed by atoms with Gasteiger partial charge in [0, 0.05) is 31.8 Å². The molecule has 2 rings (SSSR count). The Balaban J connectivity index is 1.56. The Kier molecular flexibility index (Phi) is 4.28. The van der Waals surface area contributed by atoms with Crippen LogP contribution < -0.4 is 5.32 Å². The predicted molar refractivity (Wildman–Crippen MR) is 65.8 cm³/mol. The summed E-state index contributed by atoms with van der Waals surface area (Å²) in [6.07, 6.45) is 1.79. The van der Waals surface area contributed by atoms with E-state index >= 15 is 0 Å². The van der Waals surface area contributed by atoms with Gasteiger partial charge in [0.25, 0.3) is 5.24 Å². The van der Waals surface area contributed by atoms with Crippen molar-refractivity contribution in [2.24, 2.45) is 5.92 Å². The van der Waals surface area contributed by atoms with E-state index in [-0.39, 0.29) is 17.3 Å². The van der Waals surface area contributed by atoms with Crippen molar-refractivity contribution in [2.75, 3.05) is 25.4 Å². The van der Waals surface area contributed by atoms with E-state index < -0.39 is 0 Å². The average molecular weight is 258 g/mol. The van der Waals surface area contributed by atoms with Gasteiger partial charge in [0.1, 0.15) is 0 Å². The van der Waals surface area contributed by atoms with Crippen molar-refractivity contribution >= 4 is 22.9 Å². The van der Waals surface area contributed by atoms with Crippen molar-refractivity contribution in [1.82, 2.24) is 10.2 Å². The minimum atomic E-state index is -0.170. The highest BCUT2D eigenvalue weighted by Gasteiger charge is 2.27. The zero-order chi connectivity index (χ0) is 12.3. The molecule has 0 bridgehead atoms. The summed E-state index contributed by atoms with van der Waals surface area (Å²) in [4.78, 5) is 24.5. The first-order valence-electron chi connectivity index (χ1n) is 6.01. The molecule has 0 aromatic heterocycles. The number of amides is 2. The highest BCUT2D eigenvalue weighted by atomic mass is 32.2. The molecule has 1 aliphatic heterocycles. The molecular formula is C11H18N2O3S. The van der Waals surface area contributed by atoms with Gasteiger partial charge in [-0.3, -0.25) is 9.59 Å². The van der Waals surface area contributed by atoms with Crippen molar-refractivity contribution in [3.05, 3.63) is 0 Å². The van der Waals surface area contributed by atoms with Gasteiger partial charge in [0.2, 0.25) is 5.91 Å². The predicted octanol–water partition coefficient (Wildman–Crippen LogP) is 0.432. The van der Waals surface area contributed by atoms with Crippen LogP contribution in [0.15, 0.2) is 0 Å². The number of carbonyl (C=O) groups excluding carboxylic acids is 2. The SMILES string of the molecule is O=C(CCN1CCSC1=O)NCC1CC(O)C1. The topological polar surface area (TPSA) is 69.6 Å². The van der Waals surface area contributed by atoms with Crippen molar-refractivity contribution in [3.8, 4) is 0 Å². The molecule has 2 aliphatic rings. The maximum absolute atomic E-state index is 11.5. The van der Waals surface area contributed by atoms with Crippen molar-refractivity contribution in [3.63, 3.8) is 0 Å². The van der Waals surface area contributed by atoms with Crippen LogP contribution >= 0.6 is 11.8 Å². The Morgan fingerprint density at radius 1 is 1.53 bits per heavy atom. The molecule has 17 heavy (non-hydrogen) atoms. The molecule has 1 aliphatic carbocycles. The Hall–Kier alpha value is -0.750. The maximum Gasteiger partial charge on any atom is 0.281 e. The molecule has 2 amide bonds. The second-order valence-corrected chi connectivity index (χ2v) is 5.69. The molecule has 5 nitrogen and oxygen atoms in total. The third-order valence-corrected chi connectivity index (χ3v) is 4.14. The van der Waals surface area contributed by atoms with E-state index in [0.717, 1.165) is 25.1 Å². The van der Waals surface area contributed by atoms with Gasteiger partial charge in [-0.2, -0.15) is 0 Å². The lowest BCUT2D eigenvalue weighted by Gasteiger charge is -2.31. The number of aliphatic hydroxyl groups excluding tert-OH is 1. The molecule has 2 fully saturated rings. The van der Waals surface area contributed by atoms with Crippen LogP contribution in [0.1, 0.15) is 19.3 Å². The molecule has 0 unspecified atom stereocenters. The fourth-order valence-electron chi connectivity index (χ4n) is 2.08. The summed E-state index contributed by atoms with van der Waals surface area (Å²) in [6.45, 7) is 1.93. The van der Waals surface area contributed by atoms with Crippen LogP contribution in [0.25, 0.3) is 0 Å². The van der Waals surface area contributed by atoms with E-state index in [1.165, 1.54) is 11.8 Å². The van der Waals surface area contributed by atoms with Crippen molar-refractivity contribution in [2.45, 2.75) is 25.4 Å². The van der Waals surface area contributed by atoms with E-state index in [0.29, 0.717) is 25.4 Å². The molecule has 1 heterocycles. The molecule has 0 radical (unpaired) electrons. The van der Waals surface area contributed by atoms with Crippen LogP contribution in [0.5, 0.6) is 0 Å². The van der Waals surface area contributed by atoms with Gasteiger partial charge in [-0.15, -0.1) is 0 Å². The van der Waals surface area contributed by atoms with E-state index in [1.54, 1.807) is 4.90 Å². The third kappa shape index (κ3) is 3.61. The Morgan fingerprint density at radius 3 is 2.88 bits per heavy atom. The molecule has 1 saturated carbocycles. The van der Waals surface area contributed by atoms with Crippen molar-refractivity contribution < 1.29 is 14.7 Å². The Morgan fingerprint density at radius 2 is 2.29 bits per heavy atom. The summed E-state index contributed by atoms with van der Waals surface area (Å²) < 4.78 is 0. The first-order chi connectivity index (χ1) is 8.15. The number of hydrogen-bond donors (Lipinski definition) is 2. The summed E-state index contributed by atoms with van der Waals surface area (Å²) in [5, 5.41) is 12.0. The largest absolute Gasteiger partial charge is 0.393 e. The van der Waals surface area contributed by atoms with Crippen LogP contribution in [-0.4, -0.2) is 52.6 Å². The average Bonchev–Trinajstić information content (AvgIpc) is 2.66. The molecule has 6 heteroatoms. The maximum atomic E-state index is 11.5. The molecule has 0 aromatic carbocycles. The van der Waals surface area contributed by atoms with Gasteiger partial charge >= 0.3 is 0 Å². The van der Waals surface area contributed by atoms with Gasteiger partial charge in [0.15, 0.2) is 0 Å². The number of aliphatic hydroxyl groups is 1.